The summed E-state index contributed by atoms with van der Waals surface area (Å²) in [6.45, 7) is 3.09. The molecule has 0 atom stereocenters. The number of aromatic nitrogens is 2. The summed E-state index contributed by atoms with van der Waals surface area (Å²) < 4.78 is 42.0. The first-order chi connectivity index (χ1) is 19.5. The normalized spacial score (nSPS) is 14.8. The van der Waals surface area contributed by atoms with Gasteiger partial charge in [-0.25, -0.2) is 17.4 Å². The number of unbranched alkanes of at least 4 members (excludes halogenated alkanes) is 2. The summed E-state index contributed by atoms with van der Waals surface area (Å²) in [6, 6.07) is 20.0. The lowest BCUT2D eigenvalue weighted by atomic mass is 9.95. The third-order valence-electron chi connectivity index (χ3n) is 7.84. The van der Waals surface area contributed by atoms with Crippen molar-refractivity contribution in [2.24, 2.45) is 0 Å². The highest BCUT2D eigenvalue weighted by Gasteiger charge is 2.22. The average molecular weight is 563 g/mol. The van der Waals surface area contributed by atoms with Crippen LogP contribution in [0.5, 0.6) is 0 Å². The highest BCUT2D eigenvalue weighted by atomic mass is 32.2. The number of hydrogen-bond acceptors (Lipinski definition) is 5. The Bertz CT molecular complexity index is 1470. The van der Waals surface area contributed by atoms with Gasteiger partial charge >= 0.3 is 0 Å². The molecule has 1 aliphatic carbocycles. The number of nitrogens with one attached hydrogen (secondary N) is 1. The zero-order valence-corrected chi connectivity index (χ0v) is 23.8. The van der Waals surface area contributed by atoms with E-state index in [0.717, 1.165) is 48.9 Å². The summed E-state index contributed by atoms with van der Waals surface area (Å²) in [5.41, 5.74) is 2.55. The van der Waals surface area contributed by atoms with E-state index in [1.807, 2.05) is 30.3 Å². The minimum absolute atomic E-state index is 0.262. The fraction of sp³-hybridized carbons (Fsp3) is 0.406. The van der Waals surface area contributed by atoms with Crippen molar-refractivity contribution >= 4 is 20.9 Å². The molecule has 1 fully saturated rings. The average Bonchev–Trinajstić information content (AvgIpc) is 3.36. The number of halogens is 1. The van der Waals surface area contributed by atoms with Gasteiger partial charge in [-0.05, 0) is 74.2 Å². The molecule has 0 saturated heterocycles. The van der Waals surface area contributed by atoms with Gasteiger partial charge in [-0.3, -0.25) is 4.90 Å². The number of nitrogens with zero attached hydrogens (tertiary/aromatic N) is 3. The van der Waals surface area contributed by atoms with Crippen molar-refractivity contribution < 1.29 is 12.8 Å². The Labute approximate surface area is 237 Å². The third-order valence-corrected chi connectivity index (χ3v) is 9.53. The zero-order valence-electron chi connectivity index (χ0n) is 23.0. The summed E-state index contributed by atoms with van der Waals surface area (Å²) in [6.07, 6.45) is 13.3. The lowest BCUT2D eigenvalue weighted by Gasteiger charge is -2.23. The molecule has 1 aliphatic rings. The van der Waals surface area contributed by atoms with E-state index in [1.54, 1.807) is 42.7 Å². The second kappa shape index (κ2) is 13.5. The topological polar surface area (TPSA) is 67.2 Å². The Morgan fingerprint density at radius 1 is 0.900 bits per heavy atom. The van der Waals surface area contributed by atoms with Gasteiger partial charge in [0.25, 0.3) is 10.0 Å². The van der Waals surface area contributed by atoms with Gasteiger partial charge in [0.05, 0.1) is 10.4 Å². The quantitative estimate of drug-likeness (QED) is 0.149. The summed E-state index contributed by atoms with van der Waals surface area (Å²) in [4.78, 5) is 6.41. The van der Waals surface area contributed by atoms with E-state index in [4.69, 9.17) is 0 Å². The first kappa shape index (κ1) is 28.5. The maximum Gasteiger partial charge on any atom is 0.268 e. The fourth-order valence-corrected chi connectivity index (χ4v) is 7.12. The smallest absolute Gasteiger partial charge is 0.268 e. The molecule has 0 spiro atoms. The van der Waals surface area contributed by atoms with Gasteiger partial charge in [-0.1, -0.05) is 68.1 Å². The monoisotopic (exact) mass is 562 g/mol. The van der Waals surface area contributed by atoms with Crippen molar-refractivity contribution in [1.29, 1.82) is 0 Å². The molecule has 2 aromatic heterocycles. The Kier molecular flexibility index (Phi) is 9.62. The molecule has 4 aromatic rings. The van der Waals surface area contributed by atoms with E-state index in [0.29, 0.717) is 24.6 Å². The van der Waals surface area contributed by atoms with Gasteiger partial charge in [0.2, 0.25) is 5.95 Å². The van der Waals surface area contributed by atoms with E-state index >= 15 is 0 Å². The minimum Gasteiger partial charge on any atom is -0.314 e. The van der Waals surface area contributed by atoms with Crippen molar-refractivity contribution in [3.05, 3.63) is 96.2 Å². The number of rotatable bonds is 13. The Morgan fingerprint density at radius 3 is 2.45 bits per heavy atom. The highest BCUT2D eigenvalue weighted by molar-refractivity contribution is 7.90. The van der Waals surface area contributed by atoms with E-state index in [2.05, 4.69) is 15.2 Å². The van der Waals surface area contributed by atoms with Crippen LogP contribution in [-0.2, 0) is 23.1 Å². The van der Waals surface area contributed by atoms with Crippen LogP contribution in [0.3, 0.4) is 0 Å². The van der Waals surface area contributed by atoms with Crippen molar-refractivity contribution in [2.45, 2.75) is 75.4 Å². The van der Waals surface area contributed by atoms with Gasteiger partial charge in [0.15, 0.2) is 0 Å². The van der Waals surface area contributed by atoms with Gasteiger partial charge < -0.3 is 5.32 Å². The number of hydrogen-bond donors (Lipinski definition) is 1. The third kappa shape index (κ3) is 7.16. The van der Waals surface area contributed by atoms with Crippen LogP contribution in [0.1, 0.15) is 62.5 Å². The van der Waals surface area contributed by atoms with Crippen LogP contribution in [0.15, 0.2) is 84.0 Å². The van der Waals surface area contributed by atoms with Crippen LogP contribution in [0.25, 0.3) is 10.9 Å². The second-order valence-electron chi connectivity index (χ2n) is 10.8. The Balaban J connectivity index is 1.31. The summed E-state index contributed by atoms with van der Waals surface area (Å²) in [5, 5.41) is 4.65. The zero-order chi connectivity index (χ0) is 27.8. The first-order valence-electron chi connectivity index (χ1n) is 14.5. The lowest BCUT2D eigenvalue weighted by Crippen LogP contribution is -2.31. The molecule has 2 aromatic carbocycles. The lowest BCUT2D eigenvalue weighted by molar-refractivity contribution is 0.250. The van der Waals surface area contributed by atoms with E-state index in [9.17, 15) is 12.8 Å². The molecular formula is C32H39FN4O2S. The van der Waals surface area contributed by atoms with Crippen molar-refractivity contribution in [3.8, 4) is 0 Å². The van der Waals surface area contributed by atoms with Crippen LogP contribution in [0, 0.1) is 5.95 Å². The summed E-state index contributed by atoms with van der Waals surface area (Å²) >= 11 is 0. The number of pyridine rings is 1. The summed E-state index contributed by atoms with van der Waals surface area (Å²) in [7, 11) is -3.74. The molecule has 0 bridgehead atoms. The number of para-hydroxylation sites is 1. The standard InChI is InChI=1S/C32H39FN4O2S/c33-32-19-18-26(22-35-32)23-36(21-11-3-10-20-34-28-12-4-1-5-13-28)24-27-25-37(31-17-9-8-16-30(27)31)40(38,39)29-14-6-2-7-15-29/h2,6-9,14-19,22,25,28,34H,1,3-5,10-13,20-21,23-24H2. The molecule has 8 heteroatoms. The molecule has 1 N–H and O–H groups in total. The fourth-order valence-electron chi connectivity index (χ4n) is 5.71. The van der Waals surface area contributed by atoms with E-state index in [1.165, 1.54) is 42.1 Å². The predicted molar refractivity (Wildman–Crippen MR) is 158 cm³/mol. The van der Waals surface area contributed by atoms with Gasteiger partial charge in [0.1, 0.15) is 0 Å². The van der Waals surface area contributed by atoms with E-state index < -0.39 is 16.0 Å². The SMILES string of the molecule is O=S(=O)(c1ccccc1)n1cc(CN(CCCCCNC2CCCCC2)Cc2ccc(F)nc2)c2ccccc21. The second-order valence-corrected chi connectivity index (χ2v) is 12.6. The molecule has 1 saturated carbocycles. The largest absolute Gasteiger partial charge is 0.314 e. The van der Waals surface area contributed by atoms with Gasteiger partial charge in [0, 0.05) is 36.9 Å². The maximum atomic E-state index is 13.6. The molecular weight excluding hydrogens is 523 g/mol. The van der Waals surface area contributed by atoms with Crippen LogP contribution >= 0.6 is 0 Å². The van der Waals surface area contributed by atoms with Crippen molar-refractivity contribution in [3.63, 3.8) is 0 Å². The number of benzene rings is 2. The molecule has 2 heterocycles. The first-order valence-corrected chi connectivity index (χ1v) is 15.9. The summed E-state index contributed by atoms with van der Waals surface area (Å²) in [5.74, 6) is -0.491. The molecule has 40 heavy (non-hydrogen) atoms. The van der Waals surface area contributed by atoms with Gasteiger partial charge in [-0.15, -0.1) is 0 Å². The van der Waals surface area contributed by atoms with Crippen LogP contribution in [0.4, 0.5) is 4.39 Å². The minimum atomic E-state index is -3.74. The molecule has 0 aliphatic heterocycles. The molecule has 5 rings (SSSR count). The number of fused-ring (bicyclic) bond motifs is 1. The highest BCUT2D eigenvalue weighted by Crippen LogP contribution is 2.27. The molecule has 0 radical (unpaired) electrons. The van der Waals surface area contributed by atoms with Crippen LogP contribution < -0.4 is 5.32 Å². The Hall–Kier alpha value is -3.07. The van der Waals surface area contributed by atoms with Crippen LogP contribution in [-0.4, -0.2) is 41.4 Å². The molecule has 0 amide bonds. The molecule has 212 valence electrons. The maximum absolute atomic E-state index is 13.6. The van der Waals surface area contributed by atoms with E-state index in [-0.39, 0.29) is 4.90 Å². The molecule has 6 nitrogen and oxygen atoms in total. The van der Waals surface area contributed by atoms with Crippen molar-refractivity contribution in [1.82, 2.24) is 19.2 Å². The predicted octanol–water partition coefficient (Wildman–Crippen LogP) is 6.51. The van der Waals surface area contributed by atoms with Crippen molar-refractivity contribution in [2.75, 3.05) is 13.1 Å². The molecule has 0 unspecified atom stereocenters. The Morgan fingerprint density at radius 2 is 1.68 bits per heavy atom. The van der Waals surface area contributed by atoms with Gasteiger partial charge in [-0.2, -0.15) is 4.39 Å². The van der Waals surface area contributed by atoms with Crippen LogP contribution in [0.2, 0.25) is 0 Å².